The van der Waals surface area contributed by atoms with Gasteiger partial charge in [-0.2, -0.15) is 0 Å². The Morgan fingerprint density at radius 3 is 2.24 bits per heavy atom. The topological polar surface area (TPSA) is 199 Å². The molecule has 4 aliphatic rings. The van der Waals surface area contributed by atoms with E-state index in [1.54, 1.807) is 20.1 Å². The Morgan fingerprint density at radius 1 is 0.915 bits per heavy atom. The molecule has 0 spiro atoms. The summed E-state index contributed by atoms with van der Waals surface area (Å²) >= 11 is 0. The van der Waals surface area contributed by atoms with E-state index in [1.807, 2.05) is 60.7 Å². The fourth-order valence-electron chi connectivity index (χ4n) is 8.27. The molecular formula is C43H48N10O6. The third-order valence-electron chi connectivity index (χ3n) is 11.9. The third-order valence-corrected chi connectivity index (χ3v) is 11.9. The molecule has 4 fully saturated rings. The van der Waals surface area contributed by atoms with Crippen LogP contribution in [-0.4, -0.2) is 125 Å². The Kier molecular flexibility index (Phi) is 11.3. The second-order valence-corrected chi connectivity index (χ2v) is 15.6. The molecule has 4 amide bonds. The van der Waals surface area contributed by atoms with Crippen LogP contribution in [0.2, 0.25) is 0 Å². The zero-order valence-electron chi connectivity index (χ0n) is 33.1. The van der Waals surface area contributed by atoms with Crippen LogP contribution in [0.5, 0.6) is 17.2 Å². The molecule has 0 saturated carbocycles. The summed E-state index contributed by atoms with van der Waals surface area (Å²) in [5, 5.41) is 14.9. The van der Waals surface area contributed by atoms with Gasteiger partial charge in [-0.1, -0.05) is 6.07 Å². The highest BCUT2D eigenvalue weighted by Gasteiger charge is 2.42. The summed E-state index contributed by atoms with van der Waals surface area (Å²) in [6.07, 6.45) is 3.87. The SMILES string of the molecule is COc1ccc(Oc2ccc(C(=N)c3c(N)ncnc3NC3CCN(C4CN(C5CN(c6ccc(C)c(C(=O)N(C=O)C7CCC(=O)NC7=O)c6)C5)C4)CC3)cc2)cc1. The van der Waals surface area contributed by atoms with Gasteiger partial charge in [-0.15, -0.1) is 0 Å². The van der Waals surface area contributed by atoms with Crippen molar-refractivity contribution in [2.45, 2.75) is 56.8 Å². The van der Waals surface area contributed by atoms with Gasteiger partial charge in [0.15, 0.2) is 0 Å². The Labute approximate surface area is 342 Å². The number of rotatable bonds is 13. The normalized spacial score (nSPS) is 19.3. The van der Waals surface area contributed by atoms with Crippen molar-refractivity contribution in [2.24, 2.45) is 0 Å². The fraction of sp³-hybridized carbons (Fsp3) is 0.372. The number of nitrogens with zero attached hydrogens (tertiary/aromatic N) is 6. The number of piperidine rings is 2. The molecule has 3 aromatic carbocycles. The first kappa shape index (κ1) is 39.4. The van der Waals surface area contributed by atoms with Crippen LogP contribution in [0.4, 0.5) is 17.3 Å². The van der Waals surface area contributed by atoms with Crippen LogP contribution in [-0.2, 0) is 14.4 Å². The van der Waals surface area contributed by atoms with Crippen molar-refractivity contribution in [2.75, 3.05) is 62.3 Å². The molecule has 4 saturated heterocycles. The van der Waals surface area contributed by atoms with Crippen molar-refractivity contribution >= 4 is 47.2 Å². The minimum Gasteiger partial charge on any atom is -0.497 e. The van der Waals surface area contributed by atoms with E-state index in [2.05, 4.69) is 35.3 Å². The summed E-state index contributed by atoms with van der Waals surface area (Å²) in [7, 11) is 1.62. The molecule has 59 heavy (non-hydrogen) atoms. The average Bonchev–Trinajstić information content (AvgIpc) is 3.20. The second-order valence-electron chi connectivity index (χ2n) is 15.6. The molecule has 0 radical (unpaired) electrons. The molecule has 8 rings (SSSR count). The zero-order chi connectivity index (χ0) is 41.2. The van der Waals surface area contributed by atoms with E-state index in [0.29, 0.717) is 58.1 Å². The number of benzene rings is 3. The highest BCUT2D eigenvalue weighted by Crippen LogP contribution is 2.32. The quantitative estimate of drug-likeness (QED) is 0.0872. The number of carbonyl (C=O) groups is 4. The predicted octanol–water partition coefficient (Wildman–Crippen LogP) is 3.44. The number of amides is 4. The van der Waals surface area contributed by atoms with Gasteiger partial charge in [0.25, 0.3) is 5.91 Å². The lowest BCUT2D eigenvalue weighted by Gasteiger charge is -2.55. The molecule has 1 atom stereocenters. The number of hydrogen-bond donors (Lipinski definition) is 4. The Hall–Kier alpha value is -6.39. The summed E-state index contributed by atoms with van der Waals surface area (Å²) < 4.78 is 11.2. The fourth-order valence-corrected chi connectivity index (χ4v) is 8.27. The molecule has 1 aromatic heterocycles. The number of ether oxygens (including phenoxy) is 2. The van der Waals surface area contributed by atoms with Crippen LogP contribution in [0.3, 0.4) is 0 Å². The maximum atomic E-state index is 13.5. The van der Waals surface area contributed by atoms with Gasteiger partial charge in [0.2, 0.25) is 18.2 Å². The van der Waals surface area contributed by atoms with Crippen LogP contribution in [0, 0.1) is 12.3 Å². The first-order chi connectivity index (χ1) is 28.6. The number of anilines is 3. The van der Waals surface area contributed by atoms with Crippen LogP contribution in [0.25, 0.3) is 0 Å². The number of imide groups is 2. The molecule has 0 aliphatic carbocycles. The van der Waals surface area contributed by atoms with Crippen LogP contribution in [0.1, 0.15) is 52.7 Å². The third kappa shape index (κ3) is 8.31. The van der Waals surface area contributed by atoms with E-state index in [0.717, 1.165) is 68.4 Å². The number of nitrogen functional groups attached to an aromatic ring is 1. The lowest BCUT2D eigenvalue weighted by molar-refractivity contribution is -0.139. The highest BCUT2D eigenvalue weighted by molar-refractivity contribution is 6.16. The van der Waals surface area contributed by atoms with Gasteiger partial charge in [-0.25, -0.2) is 9.97 Å². The summed E-state index contributed by atoms with van der Waals surface area (Å²) in [5.74, 6) is 1.29. The van der Waals surface area contributed by atoms with Gasteiger partial charge in [-0.05, 0) is 92.4 Å². The Balaban J connectivity index is 0.803. The number of likely N-dealkylation sites (tertiary alicyclic amines) is 2. The number of aromatic nitrogens is 2. The number of carbonyl (C=O) groups excluding carboxylic acids is 4. The van der Waals surface area contributed by atoms with E-state index < -0.39 is 23.8 Å². The molecule has 5 N–H and O–H groups in total. The molecule has 16 heteroatoms. The average molecular weight is 801 g/mol. The van der Waals surface area contributed by atoms with Crippen molar-refractivity contribution in [1.82, 2.24) is 30.0 Å². The monoisotopic (exact) mass is 800 g/mol. The second kappa shape index (κ2) is 16.8. The predicted molar refractivity (Wildman–Crippen MR) is 221 cm³/mol. The maximum absolute atomic E-state index is 13.5. The van der Waals surface area contributed by atoms with E-state index in [9.17, 15) is 19.2 Å². The highest BCUT2D eigenvalue weighted by atomic mass is 16.5. The number of methoxy groups -OCH3 is 1. The summed E-state index contributed by atoms with van der Waals surface area (Å²) in [5.41, 5.74) is 9.69. The number of aryl methyl sites for hydroxylation is 1. The molecule has 1 unspecified atom stereocenters. The van der Waals surface area contributed by atoms with Crippen LogP contribution >= 0.6 is 0 Å². The first-order valence-corrected chi connectivity index (χ1v) is 19.9. The van der Waals surface area contributed by atoms with Crippen LogP contribution < -0.4 is 30.7 Å². The summed E-state index contributed by atoms with van der Waals surface area (Å²) in [6, 6.07) is 20.4. The zero-order valence-corrected chi connectivity index (χ0v) is 33.1. The number of hydrogen-bond acceptors (Lipinski definition) is 14. The summed E-state index contributed by atoms with van der Waals surface area (Å²) in [4.78, 5) is 66.4. The van der Waals surface area contributed by atoms with E-state index in [4.69, 9.17) is 20.6 Å². The van der Waals surface area contributed by atoms with E-state index in [1.165, 1.54) is 6.33 Å². The minimum atomic E-state index is -1.01. The van der Waals surface area contributed by atoms with Crippen molar-refractivity contribution in [1.29, 1.82) is 5.41 Å². The van der Waals surface area contributed by atoms with Crippen molar-refractivity contribution < 1.29 is 28.7 Å². The molecule has 0 bridgehead atoms. The molecule has 306 valence electrons. The number of nitrogens with one attached hydrogen (secondary N) is 3. The van der Waals surface area contributed by atoms with Gasteiger partial charge in [0, 0.05) is 80.6 Å². The van der Waals surface area contributed by atoms with Crippen LogP contribution in [0.15, 0.2) is 73.1 Å². The van der Waals surface area contributed by atoms with Gasteiger partial charge in [0.05, 0.1) is 18.4 Å². The molecule has 4 aromatic rings. The van der Waals surface area contributed by atoms with E-state index >= 15 is 0 Å². The maximum Gasteiger partial charge on any atom is 0.261 e. The van der Waals surface area contributed by atoms with Crippen molar-refractivity contribution in [3.63, 3.8) is 0 Å². The molecule has 5 heterocycles. The largest absolute Gasteiger partial charge is 0.497 e. The lowest BCUT2D eigenvalue weighted by atomic mass is 9.95. The standard InChI is InChI=1S/C43H48N10O6/c1-26-3-6-29(19-35(26)43(57)53(25-54)36-13-14-37(55)49-42(36)56)51-22-31(23-51)52-20-30(21-52)50-17-15-28(16-18-50)48-41-38(40(45)46-24-47-41)39(44)27-4-7-33(8-5-27)59-34-11-9-32(58-2)10-12-34/h3-12,19,24-25,28,30-31,36,44H,13-18,20-23H2,1-2H3,(H,49,55,56)(H3,45,46,47,48). The van der Waals surface area contributed by atoms with Crippen molar-refractivity contribution in [3.05, 3.63) is 95.3 Å². The number of nitrogens with two attached hydrogens (primary N) is 1. The molecule has 4 aliphatic heterocycles. The Bertz CT molecular complexity index is 2230. The summed E-state index contributed by atoms with van der Waals surface area (Å²) in [6.45, 7) is 7.38. The minimum absolute atomic E-state index is 0.0744. The Morgan fingerprint density at radius 2 is 1.58 bits per heavy atom. The van der Waals surface area contributed by atoms with Gasteiger partial charge in [0.1, 0.15) is 41.3 Å². The lowest BCUT2D eigenvalue weighted by Crippen LogP contribution is -2.70. The van der Waals surface area contributed by atoms with E-state index in [-0.39, 0.29) is 30.4 Å². The molecular weight excluding hydrogens is 753 g/mol. The first-order valence-electron chi connectivity index (χ1n) is 19.9. The van der Waals surface area contributed by atoms with Crippen molar-refractivity contribution in [3.8, 4) is 17.2 Å². The van der Waals surface area contributed by atoms with Gasteiger partial charge in [-0.3, -0.25) is 44.6 Å². The molecule has 16 nitrogen and oxygen atoms in total. The van der Waals surface area contributed by atoms with Gasteiger partial charge < -0.3 is 25.4 Å². The smallest absolute Gasteiger partial charge is 0.261 e. The van der Waals surface area contributed by atoms with Gasteiger partial charge >= 0.3 is 0 Å².